The lowest BCUT2D eigenvalue weighted by Crippen LogP contribution is -2.30. The quantitative estimate of drug-likeness (QED) is 0.581. The molecular weight excluding hydrogens is 300 g/mol. The highest BCUT2D eigenvalue weighted by Crippen LogP contribution is 2.54. The summed E-state index contributed by atoms with van der Waals surface area (Å²) in [5.41, 5.74) is 8.92. The third kappa shape index (κ3) is 2.62. The van der Waals surface area contributed by atoms with Gasteiger partial charge in [-0.2, -0.15) is 0 Å². The van der Waals surface area contributed by atoms with E-state index >= 15 is 0 Å². The molecule has 0 heterocycles. The van der Waals surface area contributed by atoms with E-state index in [0.29, 0.717) is 0 Å². The Morgan fingerprint density at radius 3 is 1.60 bits per heavy atom. The van der Waals surface area contributed by atoms with Crippen LogP contribution in [0.15, 0.2) is 107 Å². The fourth-order valence-electron chi connectivity index (χ4n) is 4.09. The van der Waals surface area contributed by atoms with E-state index < -0.39 is 0 Å². The van der Waals surface area contributed by atoms with Crippen LogP contribution in [0.2, 0.25) is 0 Å². The van der Waals surface area contributed by atoms with Crippen molar-refractivity contribution in [3.05, 3.63) is 118 Å². The molecule has 126 valence electrons. The molecule has 2 aromatic carbocycles. The third-order valence-corrected chi connectivity index (χ3v) is 5.23. The van der Waals surface area contributed by atoms with Crippen LogP contribution in [0, 0.1) is 0 Å². The van der Waals surface area contributed by atoms with Gasteiger partial charge in [0.2, 0.25) is 0 Å². The van der Waals surface area contributed by atoms with Gasteiger partial charge in [-0.3, -0.25) is 0 Å². The first-order valence-corrected chi connectivity index (χ1v) is 8.85. The van der Waals surface area contributed by atoms with Crippen LogP contribution >= 0.6 is 0 Å². The van der Waals surface area contributed by atoms with E-state index in [-0.39, 0.29) is 5.41 Å². The highest BCUT2D eigenvalue weighted by Gasteiger charge is 2.45. The largest absolute Gasteiger partial charge is 0.0987 e. The first-order chi connectivity index (χ1) is 12.0. The first kappa shape index (κ1) is 17.2. The fraction of sp³-hybridized carbons (Fsp3) is 0.200. The maximum Gasteiger partial charge on any atom is 0.0706 e. The van der Waals surface area contributed by atoms with Gasteiger partial charge in [0, 0.05) is 0 Å². The summed E-state index contributed by atoms with van der Waals surface area (Å²) in [6, 6.07) is 21.6. The molecule has 0 spiro atoms. The Bertz CT molecular complexity index is 831. The molecule has 0 aliphatic heterocycles. The van der Waals surface area contributed by atoms with Crippen LogP contribution in [0.25, 0.3) is 0 Å². The highest BCUT2D eigenvalue weighted by atomic mass is 14.5. The highest BCUT2D eigenvalue weighted by molar-refractivity contribution is 5.72. The Kier molecular flexibility index (Phi) is 4.63. The van der Waals surface area contributed by atoms with Crippen molar-refractivity contribution in [2.24, 2.45) is 0 Å². The van der Waals surface area contributed by atoms with E-state index in [2.05, 4.69) is 101 Å². The Labute approximate surface area is 151 Å². The minimum Gasteiger partial charge on any atom is -0.0987 e. The zero-order valence-electron chi connectivity index (χ0n) is 15.6. The molecule has 25 heavy (non-hydrogen) atoms. The summed E-state index contributed by atoms with van der Waals surface area (Å²) in [4.78, 5) is 0. The first-order valence-electron chi connectivity index (χ1n) is 8.85. The van der Waals surface area contributed by atoms with Crippen LogP contribution in [0.3, 0.4) is 0 Å². The van der Waals surface area contributed by atoms with Crippen molar-refractivity contribution >= 4 is 0 Å². The molecule has 0 saturated heterocycles. The zero-order chi connectivity index (χ0) is 18.0. The van der Waals surface area contributed by atoms with E-state index in [4.69, 9.17) is 0 Å². The van der Waals surface area contributed by atoms with Crippen LogP contribution in [0.1, 0.15) is 38.8 Å². The van der Waals surface area contributed by atoms with Gasteiger partial charge < -0.3 is 0 Å². The molecular formula is C25H26. The average Bonchev–Trinajstić information content (AvgIpc) is 2.84. The summed E-state index contributed by atoms with van der Waals surface area (Å²) in [5.74, 6) is 0. The molecule has 0 atom stereocenters. The van der Waals surface area contributed by atoms with Crippen molar-refractivity contribution in [2.75, 3.05) is 0 Å². The van der Waals surface area contributed by atoms with Gasteiger partial charge >= 0.3 is 0 Å². The molecule has 0 nitrogen and oxygen atoms in total. The van der Waals surface area contributed by atoms with Crippen molar-refractivity contribution in [3.8, 4) is 0 Å². The molecule has 0 saturated carbocycles. The van der Waals surface area contributed by atoms with E-state index in [1.54, 1.807) is 0 Å². The minimum atomic E-state index is -0.296. The van der Waals surface area contributed by atoms with E-state index in [9.17, 15) is 0 Å². The van der Waals surface area contributed by atoms with Crippen LogP contribution in [0.5, 0.6) is 0 Å². The van der Waals surface area contributed by atoms with E-state index in [1.165, 1.54) is 39.0 Å². The average molecular weight is 326 g/mol. The Balaban J connectivity index is 2.48. The zero-order valence-corrected chi connectivity index (χ0v) is 15.6. The second-order valence-corrected chi connectivity index (χ2v) is 6.99. The van der Waals surface area contributed by atoms with Crippen molar-refractivity contribution in [1.29, 1.82) is 0 Å². The number of benzene rings is 2. The Morgan fingerprint density at radius 1 is 0.760 bits per heavy atom. The Morgan fingerprint density at radius 2 is 1.20 bits per heavy atom. The van der Waals surface area contributed by atoms with Crippen molar-refractivity contribution < 1.29 is 0 Å². The van der Waals surface area contributed by atoms with Gasteiger partial charge in [-0.25, -0.2) is 0 Å². The summed E-state index contributed by atoms with van der Waals surface area (Å²) in [6.07, 6.45) is 4.39. The second kappa shape index (κ2) is 6.72. The smallest absolute Gasteiger partial charge is 0.0706 e. The van der Waals surface area contributed by atoms with Gasteiger partial charge in [0.25, 0.3) is 0 Å². The predicted molar refractivity (Wildman–Crippen MR) is 109 cm³/mol. The van der Waals surface area contributed by atoms with Gasteiger partial charge in [0.15, 0.2) is 0 Å². The predicted octanol–water partition coefficient (Wildman–Crippen LogP) is 6.77. The summed E-state index contributed by atoms with van der Waals surface area (Å²) < 4.78 is 0. The van der Waals surface area contributed by atoms with Crippen molar-refractivity contribution in [1.82, 2.24) is 0 Å². The topological polar surface area (TPSA) is 0 Å². The van der Waals surface area contributed by atoms with Gasteiger partial charge in [0.05, 0.1) is 5.41 Å². The normalized spacial score (nSPS) is 16.2. The van der Waals surface area contributed by atoms with Crippen LogP contribution in [-0.4, -0.2) is 0 Å². The van der Waals surface area contributed by atoms with Gasteiger partial charge in [-0.1, -0.05) is 85.0 Å². The third-order valence-electron chi connectivity index (χ3n) is 5.23. The maximum absolute atomic E-state index is 4.18. The molecule has 0 N–H and O–H groups in total. The van der Waals surface area contributed by atoms with Gasteiger partial charge in [-0.15, -0.1) is 0 Å². The molecule has 1 aliphatic carbocycles. The summed E-state index contributed by atoms with van der Waals surface area (Å²) >= 11 is 0. The molecule has 0 heteroatoms. The fourth-order valence-corrected chi connectivity index (χ4v) is 4.09. The lowest BCUT2D eigenvalue weighted by Gasteiger charge is -2.36. The molecule has 0 fully saturated rings. The molecule has 0 amide bonds. The molecule has 3 rings (SSSR count). The molecule has 0 aromatic heterocycles. The van der Waals surface area contributed by atoms with Crippen LogP contribution < -0.4 is 0 Å². The van der Waals surface area contributed by atoms with E-state index in [1.807, 2.05) is 6.08 Å². The summed E-state index contributed by atoms with van der Waals surface area (Å²) in [5, 5.41) is 0. The Hall–Kier alpha value is -2.60. The molecule has 2 aromatic rings. The molecule has 1 aliphatic rings. The van der Waals surface area contributed by atoms with Crippen molar-refractivity contribution in [2.45, 2.75) is 33.1 Å². The lowest BCUT2D eigenvalue weighted by molar-refractivity contribution is 0.752. The monoisotopic (exact) mass is 326 g/mol. The van der Waals surface area contributed by atoms with Crippen LogP contribution in [-0.2, 0) is 5.41 Å². The summed E-state index contributed by atoms with van der Waals surface area (Å²) in [6.45, 7) is 13.0. The maximum atomic E-state index is 4.18. The molecule has 0 unspecified atom stereocenters. The number of rotatable bonds is 4. The van der Waals surface area contributed by atoms with Crippen LogP contribution in [0.4, 0.5) is 0 Å². The molecule has 0 bridgehead atoms. The van der Waals surface area contributed by atoms with E-state index in [0.717, 1.165) is 0 Å². The SMILES string of the molecule is C=CC1=C(C)C(C)=C(C=C(C)C)C1(c1ccccc1)c1ccccc1. The summed E-state index contributed by atoms with van der Waals surface area (Å²) in [7, 11) is 0. The number of allylic oxidation sites excluding steroid dienone is 7. The van der Waals surface area contributed by atoms with Gasteiger partial charge in [-0.05, 0) is 61.1 Å². The van der Waals surface area contributed by atoms with Gasteiger partial charge in [0.1, 0.15) is 0 Å². The number of hydrogen-bond donors (Lipinski definition) is 0. The number of hydrogen-bond acceptors (Lipinski definition) is 0. The lowest BCUT2D eigenvalue weighted by atomic mass is 9.65. The van der Waals surface area contributed by atoms with Crippen molar-refractivity contribution in [3.63, 3.8) is 0 Å². The minimum absolute atomic E-state index is 0.296. The second-order valence-electron chi connectivity index (χ2n) is 6.99. The molecule has 0 radical (unpaired) electrons. The standard InChI is InChI=1S/C25H26/c1-6-23-19(4)20(5)24(17-18(2)3)25(23,21-13-9-7-10-14-21)22-15-11-8-12-16-22/h6-17H,1H2,2-5H3.